The van der Waals surface area contributed by atoms with Crippen LogP contribution in [0.3, 0.4) is 0 Å². The van der Waals surface area contributed by atoms with Gasteiger partial charge in [0.25, 0.3) is 5.91 Å². The van der Waals surface area contributed by atoms with Crippen LogP contribution in [0.5, 0.6) is 5.75 Å². The van der Waals surface area contributed by atoms with Gasteiger partial charge in [-0.05, 0) is 54.1 Å². The van der Waals surface area contributed by atoms with Crippen LogP contribution in [0.4, 0.5) is 10.1 Å². The van der Waals surface area contributed by atoms with E-state index >= 15 is 0 Å². The number of carbonyl (C=O) groups excluding carboxylic acids is 2. The molecule has 5 rings (SSSR count). The number of rotatable bonds is 6. The molecule has 1 aromatic heterocycles. The van der Waals surface area contributed by atoms with Crippen molar-refractivity contribution < 1.29 is 28.3 Å². The monoisotopic (exact) mass is 470 g/mol. The van der Waals surface area contributed by atoms with Crippen molar-refractivity contribution in [1.29, 1.82) is 0 Å². The maximum atomic E-state index is 14.2. The molecule has 7 nitrogen and oxygen atoms in total. The van der Waals surface area contributed by atoms with Crippen molar-refractivity contribution in [3.05, 3.63) is 113 Å². The van der Waals surface area contributed by atoms with Crippen molar-refractivity contribution in [1.82, 2.24) is 5.16 Å². The summed E-state index contributed by atoms with van der Waals surface area (Å²) in [5.74, 6) is -1.96. The van der Waals surface area contributed by atoms with Crippen molar-refractivity contribution in [2.24, 2.45) is 0 Å². The molecule has 1 atom stereocenters. The van der Waals surface area contributed by atoms with Gasteiger partial charge in [-0.2, -0.15) is 0 Å². The van der Waals surface area contributed by atoms with E-state index in [4.69, 9.17) is 9.26 Å². The van der Waals surface area contributed by atoms with Gasteiger partial charge in [0.05, 0.1) is 18.7 Å². The van der Waals surface area contributed by atoms with E-state index in [1.165, 1.54) is 36.5 Å². The molecule has 0 bridgehead atoms. The number of ether oxygens (including phenoxy) is 1. The first-order valence-corrected chi connectivity index (χ1v) is 10.7. The highest BCUT2D eigenvalue weighted by Gasteiger charge is 2.44. The number of carbonyl (C=O) groups is 2. The summed E-state index contributed by atoms with van der Waals surface area (Å²) >= 11 is 0. The van der Waals surface area contributed by atoms with E-state index < -0.39 is 29.3 Å². The smallest absolute Gasteiger partial charge is 0.294 e. The molecule has 0 fully saturated rings. The Morgan fingerprint density at radius 2 is 1.80 bits per heavy atom. The van der Waals surface area contributed by atoms with Crippen LogP contribution in [0.2, 0.25) is 0 Å². The lowest BCUT2D eigenvalue weighted by molar-refractivity contribution is -0.117. The summed E-state index contributed by atoms with van der Waals surface area (Å²) in [5, 5.41) is 14.7. The Morgan fingerprint density at radius 1 is 1.06 bits per heavy atom. The van der Waals surface area contributed by atoms with Crippen molar-refractivity contribution in [3.63, 3.8) is 0 Å². The minimum absolute atomic E-state index is 0.133. The Hall–Kier alpha value is -4.72. The SMILES string of the molecule is COc1ccc(C(=O)C2=C(O)C(=O)N(c3ccc(-c4ccon4)cc3)C2c2cccc(F)c2)cc1. The Bertz CT molecular complexity index is 1430. The van der Waals surface area contributed by atoms with Gasteiger partial charge in [0.15, 0.2) is 11.5 Å². The quantitative estimate of drug-likeness (QED) is 0.386. The molecule has 1 unspecified atom stereocenters. The summed E-state index contributed by atoms with van der Waals surface area (Å²) in [6, 6.07) is 19.4. The van der Waals surface area contributed by atoms with Crippen LogP contribution in [0.1, 0.15) is 22.0 Å². The number of benzene rings is 3. The zero-order chi connectivity index (χ0) is 24.5. The minimum Gasteiger partial charge on any atom is -0.503 e. The Kier molecular flexibility index (Phi) is 5.62. The standard InChI is InChI=1S/C27H19FN2O5/c1-34-21-11-7-17(8-12-21)25(31)23-24(18-3-2-4-19(28)15-18)30(27(33)26(23)32)20-9-5-16(6-10-20)22-13-14-35-29-22/h2-15,24,32H,1H3. The number of hydrogen-bond acceptors (Lipinski definition) is 6. The van der Waals surface area contributed by atoms with Gasteiger partial charge in [-0.3, -0.25) is 14.5 Å². The molecule has 8 heteroatoms. The van der Waals surface area contributed by atoms with Crippen molar-refractivity contribution in [3.8, 4) is 17.0 Å². The highest BCUT2D eigenvalue weighted by Crippen LogP contribution is 2.42. The summed E-state index contributed by atoms with van der Waals surface area (Å²) in [6.45, 7) is 0. The number of methoxy groups -OCH3 is 1. The number of aliphatic hydroxyl groups excluding tert-OH is 1. The third kappa shape index (κ3) is 3.95. The third-order valence-corrected chi connectivity index (χ3v) is 5.85. The molecule has 0 radical (unpaired) electrons. The van der Waals surface area contributed by atoms with Crippen LogP contribution < -0.4 is 9.64 Å². The van der Waals surface area contributed by atoms with Gasteiger partial charge in [-0.25, -0.2) is 4.39 Å². The molecule has 174 valence electrons. The first-order chi connectivity index (χ1) is 17.0. The fraction of sp³-hybridized carbons (Fsp3) is 0.0741. The van der Waals surface area contributed by atoms with E-state index in [0.717, 1.165) is 5.56 Å². The van der Waals surface area contributed by atoms with Crippen LogP contribution in [-0.2, 0) is 4.79 Å². The predicted molar refractivity (Wildman–Crippen MR) is 126 cm³/mol. The molecule has 1 aliphatic rings. The molecule has 35 heavy (non-hydrogen) atoms. The van der Waals surface area contributed by atoms with Crippen LogP contribution >= 0.6 is 0 Å². The lowest BCUT2D eigenvalue weighted by atomic mass is 9.92. The summed E-state index contributed by atoms with van der Waals surface area (Å²) in [6.07, 6.45) is 1.45. The molecule has 4 aromatic rings. The second kappa shape index (κ2) is 8.90. The zero-order valence-corrected chi connectivity index (χ0v) is 18.5. The summed E-state index contributed by atoms with van der Waals surface area (Å²) in [5.41, 5.74) is 2.25. The number of amides is 1. The van der Waals surface area contributed by atoms with Crippen molar-refractivity contribution >= 4 is 17.4 Å². The fourth-order valence-corrected chi connectivity index (χ4v) is 4.15. The maximum Gasteiger partial charge on any atom is 0.294 e. The van der Waals surface area contributed by atoms with Crippen molar-refractivity contribution in [2.75, 3.05) is 12.0 Å². The highest BCUT2D eigenvalue weighted by atomic mass is 19.1. The maximum absolute atomic E-state index is 14.2. The average Bonchev–Trinajstić information content (AvgIpc) is 3.51. The second-order valence-electron chi connectivity index (χ2n) is 7.88. The number of ketones is 1. The number of aliphatic hydroxyl groups is 1. The Morgan fingerprint density at radius 3 is 2.43 bits per heavy atom. The van der Waals surface area contributed by atoms with E-state index in [-0.39, 0.29) is 11.1 Å². The number of aromatic nitrogens is 1. The van der Waals surface area contributed by atoms with Gasteiger partial charge < -0.3 is 14.4 Å². The molecular weight excluding hydrogens is 451 g/mol. The lowest BCUT2D eigenvalue weighted by Gasteiger charge is -2.27. The second-order valence-corrected chi connectivity index (χ2v) is 7.88. The van der Waals surface area contributed by atoms with Gasteiger partial charge in [-0.1, -0.05) is 29.4 Å². The average molecular weight is 470 g/mol. The molecule has 1 aliphatic heterocycles. The molecular formula is C27H19FN2O5. The zero-order valence-electron chi connectivity index (χ0n) is 18.5. The lowest BCUT2D eigenvalue weighted by Crippen LogP contribution is -2.31. The van der Waals surface area contributed by atoms with Gasteiger partial charge >= 0.3 is 0 Å². The summed E-state index contributed by atoms with van der Waals surface area (Å²) < 4.78 is 24.2. The van der Waals surface area contributed by atoms with Crippen LogP contribution in [0.15, 0.2) is 101 Å². The molecule has 0 saturated carbocycles. The minimum atomic E-state index is -1.04. The summed E-state index contributed by atoms with van der Waals surface area (Å²) in [4.78, 5) is 28.1. The topological polar surface area (TPSA) is 92.9 Å². The first-order valence-electron chi connectivity index (χ1n) is 10.7. The molecule has 3 aromatic carbocycles. The van der Waals surface area contributed by atoms with Crippen LogP contribution in [-0.4, -0.2) is 29.1 Å². The van der Waals surface area contributed by atoms with E-state index in [2.05, 4.69) is 5.16 Å². The molecule has 1 N–H and O–H groups in total. The van der Waals surface area contributed by atoms with E-state index in [0.29, 0.717) is 22.7 Å². The van der Waals surface area contributed by atoms with Crippen molar-refractivity contribution in [2.45, 2.75) is 6.04 Å². The van der Waals surface area contributed by atoms with Gasteiger partial charge in [-0.15, -0.1) is 0 Å². The number of halogens is 1. The molecule has 1 amide bonds. The largest absolute Gasteiger partial charge is 0.503 e. The Balaban J connectivity index is 1.59. The van der Waals surface area contributed by atoms with E-state index in [9.17, 15) is 19.1 Å². The number of nitrogens with zero attached hydrogens (tertiary/aromatic N) is 2. The van der Waals surface area contributed by atoms with Crippen LogP contribution in [0, 0.1) is 5.82 Å². The third-order valence-electron chi connectivity index (χ3n) is 5.85. The van der Waals surface area contributed by atoms with E-state index in [1.807, 2.05) is 0 Å². The van der Waals surface area contributed by atoms with E-state index in [1.54, 1.807) is 60.7 Å². The van der Waals surface area contributed by atoms with Gasteiger partial charge in [0.2, 0.25) is 0 Å². The number of Topliss-reactive ketones (excluding diaryl/α,β-unsaturated/α-hetero) is 1. The molecule has 0 aliphatic carbocycles. The number of anilines is 1. The normalized spacial score (nSPS) is 15.5. The summed E-state index contributed by atoms with van der Waals surface area (Å²) in [7, 11) is 1.51. The van der Waals surface area contributed by atoms with Crippen LogP contribution in [0.25, 0.3) is 11.3 Å². The fourth-order valence-electron chi connectivity index (χ4n) is 4.15. The molecule has 0 saturated heterocycles. The Labute approximate surface area is 199 Å². The first kappa shape index (κ1) is 22.1. The van der Waals surface area contributed by atoms with Gasteiger partial charge in [0, 0.05) is 22.9 Å². The molecule has 2 heterocycles. The van der Waals surface area contributed by atoms with Gasteiger partial charge in [0.1, 0.15) is 23.5 Å². The number of hydrogen-bond donors (Lipinski definition) is 1. The molecule has 0 spiro atoms. The highest BCUT2D eigenvalue weighted by molar-refractivity contribution is 6.21. The predicted octanol–water partition coefficient (Wildman–Crippen LogP) is 5.27.